The monoisotopic (exact) mass is 285 g/mol. The third-order valence-corrected chi connectivity index (χ3v) is 3.58. The third kappa shape index (κ3) is 2.66. The van der Waals surface area contributed by atoms with E-state index in [0.717, 1.165) is 47.7 Å². The van der Waals surface area contributed by atoms with Crippen LogP contribution in [0.2, 0.25) is 0 Å². The second-order valence-electron chi connectivity index (χ2n) is 5.73. The van der Waals surface area contributed by atoms with Crippen LogP contribution in [0, 0.1) is 17.2 Å². The van der Waals surface area contributed by atoms with Gasteiger partial charge in [0.15, 0.2) is 11.5 Å². The number of aryl methyl sites for hydroxylation is 1. The summed E-state index contributed by atoms with van der Waals surface area (Å²) in [6, 6.07) is 6.15. The van der Waals surface area contributed by atoms with E-state index < -0.39 is 0 Å². The summed E-state index contributed by atoms with van der Waals surface area (Å²) in [5, 5.41) is 8.74. The molecular weight excluding hydrogens is 266 g/mol. The van der Waals surface area contributed by atoms with E-state index in [0.29, 0.717) is 12.3 Å². The summed E-state index contributed by atoms with van der Waals surface area (Å²) in [5.74, 6) is 3.15. The van der Waals surface area contributed by atoms with Crippen LogP contribution in [0.3, 0.4) is 0 Å². The van der Waals surface area contributed by atoms with Crippen molar-refractivity contribution in [1.82, 2.24) is 9.55 Å². The molecule has 1 aromatic heterocycles. The fourth-order valence-corrected chi connectivity index (χ4v) is 2.65. The lowest BCUT2D eigenvalue weighted by atomic mass is 10.1. The zero-order chi connectivity index (χ0) is 14.8. The van der Waals surface area contributed by atoms with Crippen LogP contribution in [-0.2, 0) is 13.0 Å². The van der Waals surface area contributed by atoms with E-state index in [1.807, 2.05) is 12.1 Å². The number of hydrogen-bond donors (Lipinski definition) is 0. The van der Waals surface area contributed by atoms with Gasteiger partial charge in [-0.25, -0.2) is 4.98 Å². The van der Waals surface area contributed by atoms with E-state index in [4.69, 9.17) is 19.7 Å². The van der Waals surface area contributed by atoms with E-state index in [9.17, 15) is 0 Å². The second kappa shape index (κ2) is 5.65. The minimum atomic E-state index is 0.273. The maximum Gasteiger partial charge on any atom is 0.231 e. The molecule has 1 aliphatic rings. The summed E-state index contributed by atoms with van der Waals surface area (Å²) in [7, 11) is 0. The van der Waals surface area contributed by atoms with Crippen molar-refractivity contribution < 1.29 is 9.47 Å². The van der Waals surface area contributed by atoms with Crippen molar-refractivity contribution in [3.05, 3.63) is 18.0 Å². The molecule has 5 nitrogen and oxygen atoms in total. The molecule has 0 spiro atoms. The molecule has 0 amide bonds. The molecule has 2 heterocycles. The molecule has 2 aromatic rings. The third-order valence-electron chi connectivity index (χ3n) is 3.58. The molecule has 5 heteroatoms. The Bertz CT molecular complexity index is 698. The van der Waals surface area contributed by atoms with Crippen molar-refractivity contribution in [2.24, 2.45) is 5.92 Å². The molecule has 0 atom stereocenters. The minimum absolute atomic E-state index is 0.273. The van der Waals surface area contributed by atoms with Gasteiger partial charge in [0.25, 0.3) is 0 Å². The van der Waals surface area contributed by atoms with Crippen molar-refractivity contribution in [2.45, 2.75) is 39.7 Å². The largest absolute Gasteiger partial charge is 0.454 e. The first-order valence-corrected chi connectivity index (χ1v) is 7.34. The highest BCUT2D eigenvalue weighted by atomic mass is 16.7. The fourth-order valence-electron chi connectivity index (χ4n) is 2.65. The number of nitriles is 1. The number of ether oxygens (including phenoxy) is 2. The van der Waals surface area contributed by atoms with Gasteiger partial charge < -0.3 is 14.0 Å². The van der Waals surface area contributed by atoms with Crippen LogP contribution in [0.5, 0.6) is 11.5 Å². The minimum Gasteiger partial charge on any atom is -0.454 e. The Labute approximate surface area is 124 Å². The average Bonchev–Trinajstić information content (AvgIpc) is 3.00. The number of benzene rings is 1. The molecule has 0 aliphatic carbocycles. The van der Waals surface area contributed by atoms with E-state index >= 15 is 0 Å². The summed E-state index contributed by atoms with van der Waals surface area (Å²) < 4.78 is 13.1. The van der Waals surface area contributed by atoms with Gasteiger partial charge in [0.2, 0.25) is 6.79 Å². The van der Waals surface area contributed by atoms with Crippen molar-refractivity contribution in [3.8, 4) is 17.6 Å². The second-order valence-corrected chi connectivity index (χ2v) is 5.73. The molecule has 0 unspecified atom stereocenters. The molecule has 110 valence electrons. The predicted molar refractivity (Wildman–Crippen MR) is 79.2 cm³/mol. The Morgan fingerprint density at radius 1 is 1.33 bits per heavy atom. The first-order chi connectivity index (χ1) is 10.2. The number of aromatic nitrogens is 2. The lowest BCUT2D eigenvalue weighted by molar-refractivity contribution is 0.174. The molecule has 0 saturated carbocycles. The maximum absolute atomic E-state index is 8.74. The molecule has 0 bridgehead atoms. The highest BCUT2D eigenvalue weighted by Gasteiger charge is 2.19. The Kier molecular flexibility index (Phi) is 3.70. The summed E-state index contributed by atoms with van der Waals surface area (Å²) in [6.45, 7) is 5.46. The SMILES string of the molecule is CC(C)Cc1nc2cc3c(cc2n1CCCC#N)OCO3. The van der Waals surface area contributed by atoms with Crippen LogP contribution in [0.4, 0.5) is 0 Å². The molecule has 0 N–H and O–H groups in total. The number of rotatable bonds is 5. The van der Waals surface area contributed by atoms with Crippen LogP contribution in [0.15, 0.2) is 12.1 Å². The van der Waals surface area contributed by atoms with Crippen LogP contribution in [0.25, 0.3) is 11.0 Å². The summed E-state index contributed by atoms with van der Waals surface area (Å²) in [5.41, 5.74) is 2.00. The van der Waals surface area contributed by atoms with Crippen LogP contribution in [-0.4, -0.2) is 16.3 Å². The van der Waals surface area contributed by atoms with Gasteiger partial charge in [-0.1, -0.05) is 13.8 Å². The highest BCUT2D eigenvalue weighted by molar-refractivity contribution is 5.81. The van der Waals surface area contributed by atoms with Gasteiger partial charge in [0.05, 0.1) is 17.1 Å². The van der Waals surface area contributed by atoms with Crippen LogP contribution in [0.1, 0.15) is 32.5 Å². The Morgan fingerprint density at radius 3 is 2.81 bits per heavy atom. The zero-order valence-corrected chi connectivity index (χ0v) is 12.4. The molecular formula is C16H19N3O2. The maximum atomic E-state index is 8.74. The van der Waals surface area contributed by atoms with Gasteiger partial charge in [0.1, 0.15) is 5.82 Å². The van der Waals surface area contributed by atoms with Crippen LogP contribution < -0.4 is 9.47 Å². The quantitative estimate of drug-likeness (QED) is 0.791. The molecule has 0 fully saturated rings. The number of unbranched alkanes of at least 4 members (excludes halogenated alkanes) is 1. The summed E-state index contributed by atoms with van der Waals surface area (Å²) in [6.07, 6.45) is 2.32. The number of imidazole rings is 1. The molecule has 21 heavy (non-hydrogen) atoms. The van der Waals surface area contributed by atoms with Crippen molar-refractivity contribution in [1.29, 1.82) is 5.26 Å². The Hall–Kier alpha value is -2.22. The molecule has 1 aromatic carbocycles. The molecule has 3 rings (SSSR count). The van der Waals surface area contributed by atoms with Gasteiger partial charge in [-0.3, -0.25) is 0 Å². The molecule has 0 saturated heterocycles. The van der Waals surface area contributed by atoms with E-state index in [1.165, 1.54) is 0 Å². The predicted octanol–water partition coefficient (Wildman–Crippen LogP) is 3.27. The zero-order valence-electron chi connectivity index (χ0n) is 12.4. The first kappa shape index (κ1) is 13.7. The van der Waals surface area contributed by atoms with E-state index in [-0.39, 0.29) is 6.79 Å². The van der Waals surface area contributed by atoms with Gasteiger partial charge >= 0.3 is 0 Å². The normalized spacial score (nSPS) is 13.0. The Balaban J connectivity index is 2.03. The number of fused-ring (bicyclic) bond motifs is 2. The van der Waals surface area contributed by atoms with Crippen molar-refractivity contribution in [2.75, 3.05) is 6.79 Å². The van der Waals surface area contributed by atoms with Crippen molar-refractivity contribution >= 4 is 11.0 Å². The molecule has 1 aliphatic heterocycles. The van der Waals surface area contributed by atoms with Crippen LogP contribution >= 0.6 is 0 Å². The smallest absolute Gasteiger partial charge is 0.231 e. The first-order valence-electron chi connectivity index (χ1n) is 7.34. The van der Waals surface area contributed by atoms with Gasteiger partial charge in [-0.2, -0.15) is 5.26 Å². The number of nitrogens with zero attached hydrogens (tertiary/aromatic N) is 3. The summed E-state index contributed by atoms with van der Waals surface area (Å²) >= 11 is 0. The van der Waals surface area contributed by atoms with Gasteiger partial charge in [0, 0.05) is 31.5 Å². The summed E-state index contributed by atoms with van der Waals surface area (Å²) in [4.78, 5) is 4.75. The topological polar surface area (TPSA) is 60.1 Å². The highest BCUT2D eigenvalue weighted by Crippen LogP contribution is 2.36. The fraction of sp³-hybridized carbons (Fsp3) is 0.500. The lowest BCUT2D eigenvalue weighted by Crippen LogP contribution is -2.07. The molecule has 0 radical (unpaired) electrons. The lowest BCUT2D eigenvalue weighted by Gasteiger charge is -2.10. The Morgan fingerprint density at radius 2 is 2.10 bits per heavy atom. The number of hydrogen-bond acceptors (Lipinski definition) is 4. The van der Waals surface area contributed by atoms with E-state index in [2.05, 4.69) is 24.5 Å². The average molecular weight is 285 g/mol. The standard InChI is InChI=1S/C16H19N3O2/c1-11(2)7-16-18-12-8-14-15(21-10-20-14)9-13(12)19(16)6-4-3-5-17/h8-9,11H,3-4,6-7,10H2,1-2H3. The van der Waals surface area contributed by atoms with E-state index in [1.54, 1.807) is 0 Å². The van der Waals surface area contributed by atoms with Gasteiger partial charge in [-0.05, 0) is 12.3 Å². The van der Waals surface area contributed by atoms with Gasteiger partial charge in [-0.15, -0.1) is 0 Å². The van der Waals surface area contributed by atoms with Crippen molar-refractivity contribution in [3.63, 3.8) is 0 Å².